The lowest BCUT2D eigenvalue weighted by Crippen LogP contribution is -2.46. The molecule has 0 aromatic heterocycles. The van der Waals surface area contributed by atoms with Crippen molar-refractivity contribution >= 4 is 0 Å². The van der Waals surface area contributed by atoms with Crippen LogP contribution in [0.4, 0.5) is 0 Å². The molecule has 150 valence electrons. The first-order valence-electron chi connectivity index (χ1n) is 11.2. The molecule has 1 aliphatic heterocycles. The van der Waals surface area contributed by atoms with Gasteiger partial charge in [-0.05, 0) is 62.2 Å². The first kappa shape index (κ1) is 23.0. The molecule has 1 fully saturated rings. The van der Waals surface area contributed by atoms with E-state index in [1.165, 1.54) is 25.7 Å². The molecular weight excluding hydrogens is 304 g/mol. The van der Waals surface area contributed by atoms with Gasteiger partial charge >= 0.3 is 0 Å². The summed E-state index contributed by atoms with van der Waals surface area (Å²) in [6, 6.07) is 1.86. The molecule has 0 aliphatic carbocycles. The Morgan fingerprint density at radius 1 is 0.960 bits per heavy atom. The maximum Gasteiger partial charge on any atom is 0.0235 e. The first-order valence-corrected chi connectivity index (χ1v) is 11.2. The monoisotopic (exact) mass is 352 g/mol. The van der Waals surface area contributed by atoms with E-state index in [4.69, 9.17) is 0 Å². The SMILES string of the molecule is CCCC(C)C(C)CC(CC(C)C)C(C)C(C)NC1CNC(C)C1C. The molecular formula is C23H48N2. The zero-order chi connectivity index (χ0) is 19.1. The molecule has 1 saturated heterocycles. The Hall–Kier alpha value is -0.0800. The average Bonchev–Trinajstić information content (AvgIpc) is 2.85. The van der Waals surface area contributed by atoms with Crippen LogP contribution in [-0.4, -0.2) is 24.7 Å². The van der Waals surface area contributed by atoms with E-state index < -0.39 is 0 Å². The fourth-order valence-corrected chi connectivity index (χ4v) is 4.72. The Labute approximate surface area is 159 Å². The van der Waals surface area contributed by atoms with Crippen molar-refractivity contribution in [2.24, 2.45) is 35.5 Å². The van der Waals surface area contributed by atoms with E-state index in [2.05, 4.69) is 72.9 Å². The van der Waals surface area contributed by atoms with Gasteiger partial charge in [-0.3, -0.25) is 0 Å². The normalized spacial score (nSPS) is 30.2. The summed E-state index contributed by atoms with van der Waals surface area (Å²) < 4.78 is 0. The van der Waals surface area contributed by atoms with Crippen LogP contribution in [0.1, 0.15) is 88.0 Å². The van der Waals surface area contributed by atoms with Crippen LogP contribution >= 0.6 is 0 Å². The molecule has 0 radical (unpaired) electrons. The Kier molecular flexibility index (Phi) is 10.0. The molecule has 0 saturated carbocycles. The van der Waals surface area contributed by atoms with Crippen molar-refractivity contribution in [3.8, 4) is 0 Å². The quantitative estimate of drug-likeness (QED) is 0.497. The standard InChI is InChI=1S/C23H48N2/c1-10-11-16(4)17(5)13-22(12-15(2)3)18(6)21(9)25-23-14-24-20(8)19(23)7/h15-25H,10-14H2,1-9H3. The van der Waals surface area contributed by atoms with E-state index >= 15 is 0 Å². The van der Waals surface area contributed by atoms with Crippen molar-refractivity contribution in [3.63, 3.8) is 0 Å². The smallest absolute Gasteiger partial charge is 0.0235 e. The molecule has 1 rings (SSSR count). The minimum atomic E-state index is 0.594. The maximum absolute atomic E-state index is 3.98. The van der Waals surface area contributed by atoms with E-state index in [0.29, 0.717) is 18.1 Å². The Morgan fingerprint density at radius 2 is 1.60 bits per heavy atom. The zero-order valence-electron chi connectivity index (χ0n) is 18.7. The lowest BCUT2D eigenvalue weighted by Gasteiger charge is -2.36. The predicted octanol–water partition coefficient (Wildman–Crippen LogP) is 5.72. The summed E-state index contributed by atoms with van der Waals surface area (Å²) in [5.74, 6) is 4.78. The highest BCUT2D eigenvalue weighted by atomic mass is 15.1. The molecule has 0 aromatic carbocycles. The van der Waals surface area contributed by atoms with Crippen molar-refractivity contribution in [3.05, 3.63) is 0 Å². The van der Waals surface area contributed by atoms with Gasteiger partial charge in [0.2, 0.25) is 0 Å². The van der Waals surface area contributed by atoms with E-state index in [-0.39, 0.29) is 0 Å². The fourth-order valence-electron chi connectivity index (χ4n) is 4.72. The Morgan fingerprint density at radius 3 is 2.08 bits per heavy atom. The Bertz CT molecular complexity index is 354. The van der Waals surface area contributed by atoms with Crippen LogP contribution in [0.15, 0.2) is 0 Å². The van der Waals surface area contributed by atoms with Crippen LogP contribution in [0.3, 0.4) is 0 Å². The molecule has 0 amide bonds. The molecule has 8 atom stereocenters. The van der Waals surface area contributed by atoms with Gasteiger partial charge in [0.15, 0.2) is 0 Å². The third kappa shape index (κ3) is 7.21. The molecule has 2 heteroatoms. The van der Waals surface area contributed by atoms with Gasteiger partial charge < -0.3 is 10.6 Å². The highest BCUT2D eigenvalue weighted by Crippen LogP contribution is 2.33. The summed E-state index contributed by atoms with van der Waals surface area (Å²) in [6.45, 7) is 22.8. The topological polar surface area (TPSA) is 24.1 Å². The second kappa shape index (κ2) is 10.9. The summed E-state index contributed by atoms with van der Waals surface area (Å²) in [7, 11) is 0. The molecule has 0 aromatic rings. The van der Waals surface area contributed by atoms with Crippen molar-refractivity contribution in [1.29, 1.82) is 0 Å². The van der Waals surface area contributed by atoms with E-state index in [0.717, 1.165) is 42.1 Å². The molecule has 2 nitrogen and oxygen atoms in total. The maximum atomic E-state index is 3.98. The highest BCUT2D eigenvalue weighted by Gasteiger charge is 2.33. The molecule has 25 heavy (non-hydrogen) atoms. The third-order valence-electron chi connectivity index (χ3n) is 7.26. The van der Waals surface area contributed by atoms with Gasteiger partial charge in [-0.15, -0.1) is 0 Å². The van der Waals surface area contributed by atoms with Gasteiger partial charge in [0.1, 0.15) is 0 Å². The van der Waals surface area contributed by atoms with Crippen LogP contribution in [0.5, 0.6) is 0 Å². The molecule has 1 heterocycles. The average molecular weight is 353 g/mol. The summed E-state index contributed by atoms with van der Waals surface area (Å²) >= 11 is 0. The Balaban J connectivity index is 2.66. The summed E-state index contributed by atoms with van der Waals surface area (Å²) in [5.41, 5.74) is 0. The van der Waals surface area contributed by atoms with E-state index in [1.54, 1.807) is 0 Å². The molecule has 8 unspecified atom stereocenters. The van der Waals surface area contributed by atoms with Crippen LogP contribution in [0, 0.1) is 35.5 Å². The second-order valence-corrected chi connectivity index (χ2v) is 9.85. The second-order valence-electron chi connectivity index (χ2n) is 9.85. The first-order chi connectivity index (χ1) is 11.7. The van der Waals surface area contributed by atoms with Gasteiger partial charge in [0, 0.05) is 24.7 Å². The number of hydrogen-bond acceptors (Lipinski definition) is 2. The van der Waals surface area contributed by atoms with Crippen LogP contribution < -0.4 is 10.6 Å². The number of hydrogen-bond donors (Lipinski definition) is 2. The number of rotatable bonds is 11. The van der Waals surface area contributed by atoms with Crippen LogP contribution in [-0.2, 0) is 0 Å². The van der Waals surface area contributed by atoms with Gasteiger partial charge in [0.05, 0.1) is 0 Å². The minimum absolute atomic E-state index is 0.594. The van der Waals surface area contributed by atoms with Crippen molar-refractivity contribution in [1.82, 2.24) is 10.6 Å². The summed E-state index contributed by atoms with van der Waals surface area (Å²) in [4.78, 5) is 0. The predicted molar refractivity (Wildman–Crippen MR) is 113 cm³/mol. The molecule has 1 aliphatic rings. The zero-order valence-corrected chi connectivity index (χ0v) is 18.7. The van der Waals surface area contributed by atoms with Crippen LogP contribution in [0.25, 0.3) is 0 Å². The van der Waals surface area contributed by atoms with E-state index in [1.807, 2.05) is 0 Å². The largest absolute Gasteiger partial charge is 0.312 e. The minimum Gasteiger partial charge on any atom is -0.312 e. The van der Waals surface area contributed by atoms with Gasteiger partial charge in [-0.2, -0.15) is 0 Å². The molecule has 0 spiro atoms. The van der Waals surface area contributed by atoms with Gasteiger partial charge in [-0.25, -0.2) is 0 Å². The van der Waals surface area contributed by atoms with Gasteiger partial charge in [0.25, 0.3) is 0 Å². The lowest BCUT2D eigenvalue weighted by atomic mass is 9.74. The number of nitrogens with one attached hydrogen (secondary N) is 2. The third-order valence-corrected chi connectivity index (χ3v) is 7.26. The summed E-state index contributed by atoms with van der Waals surface area (Å²) in [6.07, 6.45) is 5.45. The van der Waals surface area contributed by atoms with Crippen molar-refractivity contribution < 1.29 is 0 Å². The lowest BCUT2D eigenvalue weighted by molar-refractivity contribution is 0.175. The van der Waals surface area contributed by atoms with Crippen LogP contribution in [0.2, 0.25) is 0 Å². The highest BCUT2D eigenvalue weighted by molar-refractivity contribution is 4.92. The molecule has 0 bridgehead atoms. The van der Waals surface area contributed by atoms with E-state index in [9.17, 15) is 0 Å². The van der Waals surface area contributed by atoms with Crippen molar-refractivity contribution in [2.75, 3.05) is 6.54 Å². The summed E-state index contributed by atoms with van der Waals surface area (Å²) in [5, 5.41) is 7.60. The van der Waals surface area contributed by atoms with Gasteiger partial charge in [-0.1, -0.05) is 61.3 Å². The molecule has 2 N–H and O–H groups in total. The van der Waals surface area contributed by atoms with Crippen molar-refractivity contribution in [2.45, 2.75) is 106 Å². The fraction of sp³-hybridized carbons (Fsp3) is 1.00.